The Bertz CT molecular complexity index is 620. The normalized spacial score (nSPS) is 22.4. The largest absolute Gasteiger partial charge is 0.497 e. The highest BCUT2D eigenvalue weighted by molar-refractivity contribution is 5.94. The van der Waals surface area contributed by atoms with Crippen molar-refractivity contribution in [2.75, 3.05) is 33.3 Å². The summed E-state index contributed by atoms with van der Waals surface area (Å²) in [6.45, 7) is 3.02. The second-order valence-corrected chi connectivity index (χ2v) is 6.89. The van der Waals surface area contributed by atoms with Gasteiger partial charge in [-0.3, -0.25) is 9.59 Å². The summed E-state index contributed by atoms with van der Waals surface area (Å²) in [7, 11) is 1.60. The molecule has 2 saturated heterocycles. The third kappa shape index (κ3) is 5.11. The average molecular weight is 382 g/mol. The van der Waals surface area contributed by atoms with E-state index < -0.39 is 0 Å². The summed E-state index contributed by atoms with van der Waals surface area (Å²) in [5.74, 6) is 1.13. The fourth-order valence-corrected chi connectivity index (χ4v) is 3.63. The standard InChI is InChI=1S/C19H27N3O3.ClH/c1-25-16-7-2-6-15(11-16)19(24)22-10-4-5-14(13-22)12-21-18(23)17-8-3-9-20-17;/h2,6-7,11,14,17,20H,3-5,8-10,12-13H2,1H3,(H,21,23);1H. The van der Waals surface area contributed by atoms with Gasteiger partial charge in [-0.15, -0.1) is 12.4 Å². The number of nitrogens with one attached hydrogen (secondary N) is 2. The van der Waals surface area contributed by atoms with E-state index in [1.807, 2.05) is 23.1 Å². The summed E-state index contributed by atoms with van der Waals surface area (Å²) >= 11 is 0. The van der Waals surface area contributed by atoms with Crippen molar-refractivity contribution in [3.63, 3.8) is 0 Å². The van der Waals surface area contributed by atoms with Crippen LogP contribution >= 0.6 is 12.4 Å². The predicted octanol–water partition coefficient (Wildman–Crippen LogP) is 1.84. The van der Waals surface area contributed by atoms with Gasteiger partial charge in [0.2, 0.25) is 5.91 Å². The van der Waals surface area contributed by atoms with Crippen LogP contribution in [0.2, 0.25) is 0 Å². The quantitative estimate of drug-likeness (QED) is 0.816. The number of hydrogen-bond acceptors (Lipinski definition) is 4. The number of likely N-dealkylation sites (tertiary alicyclic amines) is 1. The highest BCUT2D eigenvalue weighted by atomic mass is 35.5. The Morgan fingerprint density at radius 1 is 1.31 bits per heavy atom. The summed E-state index contributed by atoms with van der Waals surface area (Å²) < 4.78 is 5.20. The van der Waals surface area contributed by atoms with Crippen LogP contribution in [0, 0.1) is 5.92 Å². The molecule has 2 N–H and O–H groups in total. The Hall–Kier alpha value is -1.79. The molecular weight excluding hydrogens is 354 g/mol. The zero-order chi connectivity index (χ0) is 17.6. The number of carbonyl (C=O) groups excluding carboxylic acids is 2. The first-order valence-corrected chi connectivity index (χ1v) is 9.12. The van der Waals surface area contributed by atoms with Crippen molar-refractivity contribution in [1.29, 1.82) is 0 Å². The van der Waals surface area contributed by atoms with Crippen LogP contribution in [0.1, 0.15) is 36.0 Å². The Morgan fingerprint density at radius 2 is 2.15 bits per heavy atom. The summed E-state index contributed by atoms with van der Waals surface area (Å²) in [6.07, 6.45) is 3.99. The van der Waals surface area contributed by atoms with Crippen LogP contribution in [0.25, 0.3) is 0 Å². The lowest BCUT2D eigenvalue weighted by Crippen LogP contribution is -2.46. The first kappa shape index (κ1) is 20.5. The molecule has 1 aromatic carbocycles. The second kappa shape index (κ2) is 9.78. The molecule has 2 heterocycles. The lowest BCUT2D eigenvalue weighted by atomic mass is 9.97. The topological polar surface area (TPSA) is 70.7 Å². The molecule has 26 heavy (non-hydrogen) atoms. The lowest BCUT2D eigenvalue weighted by molar-refractivity contribution is -0.123. The summed E-state index contributed by atoms with van der Waals surface area (Å²) in [4.78, 5) is 26.8. The van der Waals surface area contributed by atoms with Crippen LogP contribution in [0.4, 0.5) is 0 Å². The van der Waals surface area contributed by atoms with Gasteiger partial charge in [0.15, 0.2) is 0 Å². The molecule has 2 aliphatic rings. The van der Waals surface area contributed by atoms with E-state index in [4.69, 9.17) is 4.74 Å². The van der Waals surface area contributed by atoms with Gasteiger partial charge in [0.05, 0.1) is 13.2 Å². The number of piperidine rings is 1. The molecule has 3 rings (SSSR count). The number of amides is 2. The van der Waals surface area contributed by atoms with Crippen molar-refractivity contribution in [2.24, 2.45) is 5.92 Å². The van der Waals surface area contributed by atoms with E-state index in [-0.39, 0.29) is 30.3 Å². The third-order valence-electron chi connectivity index (χ3n) is 5.06. The number of nitrogens with zero attached hydrogens (tertiary/aromatic N) is 1. The maximum Gasteiger partial charge on any atom is 0.253 e. The number of halogens is 1. The smallest absolute Gasteiger partial charge is 0.253 e. The average Bonchev–Trinajstić information content (AvgIpc) is 3.20. The molecule has 6 nitrogen and oxygen atoms in total. The van der Waals surface area contributed by atoms with Crippen LogP contribution in [0.5, 0.6) is 5.75 Å². The number of benzene rings is 1. The summed E-state index contributed by atoms with van der Waals surface area (Å²) in [6, 6.07) is 7.23. The van der Waals surface area contributed by atoms with Gasteiger partial charge in [0.25, 0.3) is 5.91 Å². The fourth-order valence-electron chi connectivity index (χ4n) is 3.63. The van der Waals surface area contributed by atoms with Gasteiger partial charge < -0.3 is 20.3 Å². The Kier molecular flexibility index (Phi) is 7.72. The van der Waals surface area contributed by atoms with Crippen LogP contribution in [-0.4, -0.2) is 56.0 Å². The van der Waals surface area contributed by atoms with Gasteiger partial charge in [-0.1, -0.05) is 6.07 Å². The predicted molar refractivity (Wildman–Crippen MR) is 103 cm³/mol. The molecule has 7 heteroatoms. The van der Waals surface area contributed by atoms with Gasteiger partial charge in [0, 0.05) is 25.2 Å². The second-order valence-electron chi connectivity index (χ2n) is 6.89. The van der Waals surface area contributed by atoms with Crippen LogP contribution in [0.3, 0.4) is 0 Å². The van der Waals surface area contributed by atoms with Crippen molar-refractivity contribution in [1.82, 2.24) is 15.5 Å². The molecule has 0 saturated carbocycles. The van der Waals surface area contributed by atoms with E-state index in [9.17, 15) is 9.59 Å². The molecule has 144 valence electrons. The summed E-state index contributed by atoms with van der Waals surface area (Å²) in [5, 5.41) is 6.27. The number of hydrogen-bond donors (Lipinski definition) is 2. The van der Waals surface area contributed by atoms with Crippen molar-refractivity contribution in [3.05, 3.63) is 29.8 Å². The highest BCUT2D eigenvalue weighted by Gasteiger charge is 2.27. The van der Waals surface area contributed by atoms with Crippen LogP contribution in [0.15, 0.2) is 24.3 Å². The molecule has 2 unspecified atom stereocenters. The van der Waals surface area contributed by atoms with Gasteiger partial charge >= 0.3 is 0 Å². The molecule has 1 aromatic rings. The van der Waals surface area contributed by atoms with E-state index >= 15 is 0 Å². The number of rotatable bonds is 5. The zero-order valence-electron chi connectivity index (χ0n) is 15.2. The van der Waals surface area contributed by atoms with Crippen LogP contribution < -0.4 is 15.4 Å². The van der Waals surface area contributed by atoms with E-state index in [0.717, 1.165) is 38.8 Å². The molecule has 0 radical (unpaired) electrons. The first-order valence-electron chi connectivity index (χ1n) is 9.12. The number of ether oxygens (including phenoxy) is 1. The van der Waals surface area contributed by atoms with Gasteiger partial charge in [0.1, 0.15) is 5.75 Å². The lowest BCUT2D eigenvalue weighted by Gasteiger charge is -2.33. The Balaban J connectivity index is 0.00000243. The Labute approximate surface area is 161 Å². The third-order valence-corrected chi connectivity index (χ3v) is 5.06. The van der Waals surface area contributed by atoms with Gasteiger partial charge in [-0.25, -0.2) is 0 Å². The van der Waals surface area contributed by atoms with Gasteiger partial charge in [-0.05, 0) is 56.3 Å². The molecule has 0 spiro atoms. The van der Waals surface area contributed by atoms with E-state index in [2.05, 4.69) is 10.6 Å². The fraction of sp³-hybridized carbons (Fsp3) is 0.579. The van der Waals surface area contributed by atoms with E-state index in [0.29, 0.717) is 30.3 Å². The van der Waals surface area contributed by atoms with Crippen molar-refractivity contribution >= 4 is 24.2 Å². The minimum absolute atomic E-state index is 0. The Morgan fingerprint density at radius 3 is 2.88 bits per heavy atom. The molecule has 2 atom stereocenters. The minimum Gasteiger partial charge on any atom is -0.497 e. The maximum absolute atomic E-state index is 12.7. The molecule has 0 aliphatic carbocycles. The van der Waals surface area contributed by atoms with Gasteiger partial charge in [-0.2, -0.15) is 0 Å². The van der Waals surface area contributed by atoms with Crippen molar-refractivity contribution in [3.8, 4) is 5.75 Å². The molecule has 2 aliphatic heterocycles. The first-order chi connectivity index (χ1) is 12.2. The monoisotopic (exact) mass is 381 g/mol. The van der Waals surface area contributed by atoms with Crippen molar-refractivity contribution < 1.29 is 14.3 Å². The van der Waals surface area contributed by atoms with Crippen LogP contribution in [-0.2, 0) is 4.79 Å². The molecule has 0 bridgehead atoms. The SMILES string of the molecule is COc1cccc(C(=O)N2CCCC(CNC(=O)C3CCCN3)C2)c1.Cl. The molecule has 2 fully saturated rings. The number of methoxy groups -OCH3 is 1. The highest BCUT2D eigenvalue weighted by Crippen LogP contribution is 2.20. The number of carbonyl (C=O) groups is 2. The molecule has 2 amide bonds. The molecule has 0 aromatic heterocycles. The van der Waals surface area contributed by atoms with E-state index in [1.165, 1.54) is 0 Å². The maximum atomic E-state index is 12.7. The zero-order valence-corrected chi connectivity index (χ0v) is 16.0. The van der Waals surface area contributed by atoms with E-state index in [1.54, 1.807) is 13.2 Å². The van der Waals surface area contributed by atoms with Crippen molar-refractivity contribution in [2.45, 2.75) is 31.7 Å². The minimum atomic E-state index is -0.0434. The molecular formula is C19H28ClN3O3. The summed E-state index contributed by atoms with van der Waals surface area (Å²) in [5.41, 5.74) is 0.652.